The van der Waals surface area contributed by atoms with Crippen LogP contribution in [0.4, 0.5) is 4.39 Å². The fraction of sp³-hybridized carbons (Fsp3) is 0.526. The summed E-state index contributed by atoms with van der Waals surface area (Å²) in [5.41, 5.74) is 1.43. The topological polar surface area (TPSA) is 34.0 Å². The molecule has 128 valence electrons. The standard InChI is InChI=1S/C19H22BrFN2O/c1-23-10-14(17-15(21)8-13(20)9-16(17)23)18(24)22-11-19-5-2-12(3-6-19)4-7-19/h8-10,12H,2-7,11H2,1H3,(H,22,24). The van der Waals surface area contributed by atoms with Crippen molar-refractivity contribution in [3.05, 3.63) is 34.2 Å². The van der Waals surface area contributed by atoms with Crippen molar-refractivity contribution in [2.45, 2.75) is 38.5 Å². The molecule has 3 saturated carbocycles. The average molecular weight is 393 g/mol. The summed E-state index contributed by atoms with van der Waals surface area (Å²) in [5, 5.41) is 3.51. The number of amides is 1. The van der Waals surface area contributed by atoms with Gasteiger partial charge in [-0.2, -0.15) is 0 Å². The maximum Gasteiger partial charge on any atom is 0.253 e. The van der Waals surface area contributed by atoms with Crippen molar-refractivity contribution in [3.8, 4) is 0 Å². The van der Waals surface area contributed by atoms with Crippen molar-refractivity contribution in [2.24, 2.45) is 18.4 Å². The monoisotopic (exact) mass is 392 g/mol. The molecule has 1 heterocycles. The van der Waals surface area contributed by atoms with Crippen molar-refractivity contribution < 1.29 is 9.18 Å². The van der Waals surface area contributed by atoms with E-state index in [-0.39, 0.29) is 17.1 Å². The molecule has 0 aliphatic heterocycles. The van der Waals surface area contributed by atoms with Gasteiger partial charge in [-0.25, -0.2) is 4.39 Å². The van der Waals surface area contributed by atoms with E-state index in [1.807, 2.05) is 17.7 Å². The number of nitrogens with zero attached hydrogens (tertiary/aromatic N) is 1. The van der Waals surface area contributed by atoms with Crippen LogP contribution < -0.4 is 5.32 Å². The van der Waals surface area contributed by atoms with Crippen molar-refractivity contribution in [1.29, 1.82) is 0 Å². The van der Waals surface area contributed by atoms with E-state index < -0.39 is 0 Å². The van der Waals surface area contributed by atoms with Crippen molar-refractivity contribution in [2.75, 3.05) is 6.54 Å². The first kappa shape index (κ1) is 16.1. The molecule has 3 aliphatic rings. The Labute approximate surface area is 149 Å². The quantitative estimate of drug-likeness (QED) is 0.800. The Bertz CT molecular complexity index is 792. The van der Waals surface area contributed by atoms with E-state index in [1.54, 1.807) is 6.20 Å². The fourth-order valence-electron chi connectivity index (χ4n) is 4.57. The number of halogens is 2. The number of aryl methyl sites for hydroxylation is 1. The second-order valence-corrected chi connectivity index (χ2v) is 8.52. The van der Waals surface area contributed by atoms with Crippen LogP contribution in [-0.4, -0.2) is 17.0 Å². The molecule has 24 heavy (non-hydrogen) atoms. The first-order chi connectivity index (χ1) is 11.5. The average Bonchev–Trinajstić information content (AvgIpc) is 2.92. The molecule has 0 atom stereocenters. The molecule has 3 nitrogen and oxygen atoms in total. The summed E-state index contributed by atoms with van der Waals surface area (Å²) in [6, 6.07) is 3.26. The third kappa shape index (κ3) is 2.67. The molecule has 5 rings (SSSR count). The van der Waals surface area contributed by atoms with Gasteiger partial charge < -0.3 is 9.88 Å². The van der Waals surface area contributed by atoms with Crippen LogP contribution in [0, 0.1) is 17.2 Å². The van der Waals surface area contributed by atoms with Gasteiger partial charge in [-0.1, -0.05) is 15.9 Å². The van der Waals surface area contributed by atoms with Gasteiger partial charge in [0.15, 0.2) is 0 Å². The number of nitrogens with one attached hydrogen (secondary N) is 1. The Balaban J connectivity index is 1.58. The Morgan fingerprint density at radius 2 is 2.00 bits per heavy atom. The van der Waals surface area contributed by atoms with E-state index >= 15 is 0 Å². The van der Waals surface area contributed by atoms with Crippen molar-refractivity contribution in [1.82, 2.24) is 9.88 Å². The summed E-state index contributed by atoms with van der Waals surface area (Å²) < 4.78 is 16.9. The predicted molar refractivity (Wildman–Crippen MR) is 96.5 cm³/mol. The summed E-state index contributed by atoms with van der Waals surface area (Å²) >= 11 is 3.31. The second-order valence-electron chi connectivity index (χ2n) is 7.60. The lowest BCUT2D eigenvalue weighted by atomic mass is 9.61. The highest BCUT2D eigenvalue weighted by molar-refractivity contribution is 9.10. The summed E-state index contributed by atoms with van der Waals surface area (Å²) in [7, 11) is 1.84. The van der Waals surface area contributed by atoms with Crippen LogP contribution in [0.2, 0.25) is 0 Å². The summed E-state index contributed by atoms with van der Waals surface area (Å²) in [4.78, 5) is 12.7. The van der Waals surface area contributed by atoms with Gasteiger partial charge in [-0.3, -0.25) is 4.79 Å². The minimum atomic E-state index is -0.360. The number of hydrogen-bond acceptors (Lipinski definition) is 1. The largest absolute Gasteiger partial charge is 0.351 e. The lowest BCUT2D eigenvalue weighted by molar-refractivity contribution is 0.0598. The molecule has 0 radical (unpaired) electrons. The van der Waals surface area contributed by atoms with Crippen LogP contribution in [0.1, 0.15) is 48.9 Å². The first-order valence-corrected chi connectivity index (χ1v) is 9.49. The Morgan fingerprint density at radius 1 is 1.33 bits per heavy atom. The lowest BCUT2D eigenvalue weighted by Crippen LogP contribution is -2.43. The molecule has 2 bridgehead atoms. The van der Waals surface area contributed by atoms with Gasteiger partial charge in [0.05, 0.1) is 11.1 Å². The van der Waals surface area contributed by atoms with E-state index in [1.165, 1.54) is 44.6 Å². The predicted octanol–water partition coefficient (Wildman–Crippen LogP) is 4.78. The molecule has 3 aliphatic carbocycles. The minimum Gasteiger partial charge on any atom is -0.351 e. The number of rotatable bonds is 3. The SMILES string of the molecule is Cn1cc(C(=O)NCC23CCC(CC2)CC3)c2c(F)cc(Br)cc21. The van der Waals surface area contributed by atoms with Gasteiger partial charge in [-0.05, 0) is 62.0 Å². The van der Waals surface area contributed by atoms with Gasteiger partial charge in [0.2, 0.25) is 0 Å². The molecule has 2 aromatic rings. The number of carbonyl (C=O) groups is 1. The van der Waals surface area contributed by atoms with Gasteiger partial charge in [0.1, 0.15) is 5.82 Å². The number of fused-ring (bicyclic) bond motifs is 4. The van der Waals surface area contributed by atoms with Crippen LogP contribution in [0.15, 0.2) is 22.8 Å². The van der Waals surface area contributed by atoms with E-state index in [0.717, 1.165) is 11.4 Å². The van der Waals surface area contributed by atoms with E-state index in [9.17, 15) is 9.18 Å². The fourth-order valence-corrected chi connectivity index (χ4v) is 4.99. The van der Waals surface area contributed by atoms with Crippen LogP contribution >= 0.6 is 15.9 Å². The number of benzene rings is 1. The van der Waals surface area contributed by atoms with Crippen LogP contribution in [-0.2, 0) is 7.05 Å². The van der Waals surface area contributed by atoms with Gasteiger partial charge in [0.25, 0.3) is 5.91 Å². The highest BCUT2D eigenvalue weighted by atomic mass is 79.9. The zero-order valence-corrected chi connectivity index (χ0v) is 15.5. The van der Waals surface area contributed by atoms with Gasteiger partial charge in [-0.15, -0.1) is 0 Å². The minimum absolute atomic E-state index is 0.163. The number of aromatic nitrogens is 1. The zero-order chi connectivity index (χ0) is 16.9. The molecule has 1 aromatic heterocycles. The maximum absolute atomic E-state index is 14.4. The molecule has 1 aromatic carbocycles. The molecular weight excluding hydrogens is 371 g/mol. The van der Waals surface area contributed by atoms with E-state index in [0.29, 0.717) is 22.0 Å². The van der Waals surface area contributed by atoms with E-state index in [2.05, 4.69) is 21.2 Å². The lowest BCUT2D eigenvalue weighted by Gasteiger charge is -2.46. The smallest absolute Gasteiger partial charge is 0.253 e. The molecule has 5 heteroatoms. The highest BCUT2D eigenvalue weighted by Gasteiger charge is 2.40. The number of hydrogen-bond donors (Lipinski definition) is 1. The highest BCUT2D eigenvalue weighted by Crippen LogP contribution is 2.49. The molecule has 1 N–H and O–H groups in total. The number of carbonyl (C=O) groups excluding carboxylic acids is 1. The normalized spacial score (nSPS) is 26.0. The first-order valence-electron chi connectivity index (χ1n) is 8.70. The summed E-state index contributed by atoms with van der Waals surface area (Å²) in [6.07, 6.45) is 9.27. The maximum atomic E-state index is 14.4. The third-order valence-corrected chi connectivity index (χ3v) is 6.58. The summed E-state index contributed by atoms with van der Waals surface area (Å²) in [6.45, 7) is 0.715. The second kappa shape index (κ2) is 5.87. The van der Waals surface area contributed by atoms with Gasteiger partial charge in [0, 0.05) is 29.6 Å². The summed E-state index contributed by atoms with van der Waals surface area (Å²) in [5.74, 6) is 0.388. The third-order valence-electron chi connectivity index (χ3n) is 6.12. The Morgan fingerprint density at radius 3 is 2.67 bits per heavy atom. The molecular formula is C19H22BrFN2O. The molecule has 0 spiro atoms. The molecule has 1 amide bonds. The molecule has 0 saturated heterocycles. The Hall–Kier alpha value is -1.36. The zero-order valence-electron chi connectivity index (χ0n) is 13.9. The van der Waals surface area contributed by atoms with Crippen molar-refractivity contribution in [3.63, 3.8) is 0 Å². The molecule has 0 unspecified atom stereocenters. The van der Waals surface area contributed by atoms with Crippen LogP contribution in [0.5, 0.6) is 0 Å². The van der Waals surface area contributed by atoms with Crippen LogP contribution in [0.3, 0.4) is 0 Å². The van der Waals surface area contributed by atoms with E-state index in [4.69, 9.17) is 0 Å². The van der Waals surface area contributed by atoms with Crippen molar-refractivity contribution >= 4 is 32.7 Å². The molecule has 3 fully saturated rings. The Kier molecular flexibility index (Phi) is 3.94. The van der Waals surface area contributed by atoms with Gasteiger partial charge >= 0.3 is 0 Å². The van der Waals surface area contributed by atoms with Crippen LogP contribution in [0.25, 0.3) is 10.9 Å².